The smallest absolute Gasteiger partial charge is 0.270 e. The van der Waals surface area contributed by atoms with Gasteiger partial charge >= 0.3 is 0 Å². The number of pyridine rings is 1. The molecule has 108 valence electrons. The number of anilines is 1. The second kappa shape index (κ2) is 5.79. The second-order valence-electron chi connectivity index (χ2n) is 5.68. The molecule has 3 aliphatic rings. The number of hydrogen-bond donors (Lipinski definition) is 2. The highest BCUT2D eigenvalue weighted by Crippen LogP contribution is 2.27. The summed E-state index contributed by atoms with van der Waals surface area (Å²) in [6.45, 7) is 6.26. The van der Waals surface area contributed by atoms with E-state index >= 15 is 0 Å². The fourth-order valence-corrected chi connectivity index (χ4v) is 3.21. The molecule has 1 aromatic rings. The Bertz CT molecular complexity index is 465. The first kappa shape index (κ1) is 13.4. The number of carbonyl (C=O) groups is 1. The minimum absolute atomic E-state index is 0.0493. The molecule has 0 aliphatic carbocycles. The summed E-state index contributed by atoms with van der Waals surface area (Å²) in [5.74, 6) is 0.594. The number of hydrogen-bond acceptors (Lipinski definition) is 4. The van der Waals surface area contributed by atoms with E-state index in [-0.39, 0.29) is 5.91 Å². The predicted octanol–water partition coefficient (Wildman–Crippen LogP) is 1.34. The van der Waals surface area contributed by atoms with Crippen LogP contribution in [0.2, 0.25) is 0 Å². The van der Waals surface area contributed by atoms with Crippen molar-refractivity contribution in [3.05, 3.63) is 24.0 Å². The van der Waals surface area contributed by atoms with Gasteiger partial charge in [0.15, 0.2) is 0 Å². The summed E-state index contributed by atoms with van der Waals surface area (Å²) in [6.07, 6.45) is 4.13. The molecule has 1 aromatic heterocycles. The zero-order valence-electron chi connectivity index (χ0n) is 11.9. The van der Waals surface area contributed by atoms with Gasteiger partial charge in [0.25, 0.3) is 5.91 Å². The van der Waals surface area contributed by atoms with Gasteiger partial charge in [0, 0.05) is 19.1 Å². The monoisotopic (exact) mass is 274 g/mol. The first-order valence-electron chi connectivity index (χ1n) is 7.49. The molecule has 1 atom stereocenters. The van der Waals surface area contributed by atoms with Crippen LogP contribution in [0, 0.1) is 5.92 Å². The van der Waals surface area contributed by atoms with Crippen molar-refractivity contribution in [2.75, 3.05) is 31.5 Å². The van der Waals surface area contributed by atoms with Gasteiger partial charge in [-0.2, -0.15) is 0 Å². The van der Waals surface area contributed by atoms with Crippen LogP contribution in [0.15, 0.2) is 18.3 Å². The standard InChI is InChI=1S/C15H22N4O/c1-2-16-12-3-4-13(17-9-12)15(20)18-14-10-19-7-5-11(14)6-8-19/h3-4,9,11,14,16H,2,5-8,10H2,1H3,(H,18,20). The molecule has 4 rings (SSSR count). The molecule has 3 aliphatic heterocycles. The molecule has 0 saturated carbocycles. The summed E-state index contributed by atoms with van der Waals surface area (Å²) in [7, 11) is 0. The van der Waals surface area contributed by atoms with Gasteiger partial charge in [-0.25, -0.2) is 4.98 Å². The largest absolute Gasteiger partial charge is 0.384 e. The number of aromatic nitrogens is 1. The van der Waals surface area contributed by atoms with Gasteiger partial charge in [-0.15, -0.1) is 0 Å². The van der Waals surface area contributed by atoms with Crippen LogP contribution in [0.4, 0.5) is 5.69 Å². The molecule has 1 amide bonds. The van der Waals surface area contributed by atoms with Crippen LogP contribution in [0.3, 0.4) is 0 Å². The van der Waals surface area contributed by atoms with E-state index in [1.54, 1.807) is 12.3 Å². The van der Waals surface area contributed by atoms with Gasteiger partial charge < -0.3 is 15.5 Å². The van der Waals surface area contributed by atoms with Gasteiger partial charge in [-0.05, 0) is 50.9 Å². The first-order valence-corrected chi connectivity index (χ1v) is 7.49. The van der Waals surface area contributed by atoms with E-state index in [9.17, 15) is 4.79 Å². The van der Waals surface area contributed by atoms with Crippen LogP contribution in [-0.4, -0.2) is 48.0 Å². The van der Waals surface area contributed by atoms with Gasteiger partial charge in [0.1, 0.15) is 5.69 Å². The van der Waals surface area contributed by atoms with Crippen LogP contribution >= 0.6 is 0 Å². The number of rotatable bonds is 4. The van der Waals surface area contributed by atoms with Crippen molar-refractivity contribution < 1.29 is 4.79 Å². The van der Waals surface area contributed by atoms with Gasteiger partial charge in [-0.3, -0.25) is 4.79 Å². The van der Waals surface area contributed by atoms with Crippen LogP contribution in [-0.2, 0) is 0 Å². The number of piperidine rings is 3. The summed E-state index contributed by atoms with van der Waals surface area (Å²) in [5.41, 5.74) is 1.45. The lowest BCUT2D eigenvalue weighted by Crippen LogP contribution is -2.57. The number of amides is 1. The SMILES string of the molecule is CCNc1ccc(C(=O)NC2CN3CCC2CC3)nc1. The maximum atomic E-state index is 12.2. The zero-order valence-corrected chi connectivity index (χ0v) is 11.9. The lowest BCUT2D eigenvalue weighted by molar-refractivity contribution is 0.0618. The van der Waals surface area contributed by atoms with Gasteiger partial charge in [0.2, 0.25) is 0 Å². The molecule has 2 N–H and O–H groups in total. The number of nitrogens with one attached hydrogen (secondary N) is 2. The van der Waals surface area contributed by atoms with Crippen molar-refractivity contribution >= 4 is 11.6 Å². The molecule has 3 saturated heterocycles. The van der Waals surface area contributed by atoms with E-state index in [1.165, 1.54) is 25.9 Å². The van der Waals surface area contributed by atoms with Crippen molar-refractivity contribution in [2.24, 2.45) is 5.92 Å². The Morgan fingerprint density at radius 2 is 2.20 bits per heavy atom. The Hall–Kier alpha value is -1.62. The minimum Gasteiger partial charge on any atom is -0.384 e. The molecule has 1 unspecified atom stereocenters. The Labute approximate surface area is 119 Å². The zero-order chi connectivity index (χ0) is 13.9. The molecule has 3 fully saturated rings. The normalized spacial score (nSPS) is 28.1. The van der Waals surface area contributed by atoms with Gasteiger partial charge in [0.05, 0.1) is 11.9 Å². The number of carbonyl (C=O) groups excluding carboxylic acids is 1. The third kappa shape index (κ3) is 2.77. The molecule has 0 aromatic carbocycles. The maximum absolute atomic E-state index is 12.2. The highest BCUT2D eigenvalue weighted by molar-refractivity contribution is 5.92. The highest BCUT2D eigenvalue weighted by Gasteiger charge is 2.35. The molecular formula is C15H22N4O. The molecule has 5 heteroatoms. The minimum atomic E-state index is -0.0493. The third-order valence-corrected chi connectivity index (χ3v) is 4.35. The first-order chi connectivity index (χ1) is 9.76. The molecule has 5 nitrogen and oxygen atoms in total. The Balaban J connectivity index is 1.61. The third-order valence-electron chi connectivity index (χ3n) is 4.35. The van der Waals surface area contributed by atoms with E-state index in [2.05, 4.69) is 20.5 Å². The number of nitrogens with zero attached hydrogens (tertiary/aromatic N) is 2. The van der Waals surface area contributed by atoms with Crippen LogP contribution in [0.1, 0.15) is 30.3 Å². The molecular weight excluding hydrogens is 252 g/mol. The lowest BCUT2D eigenvalue weighted by Gasteiger charge is -2.44. The Kier molecular flexibility index (Phi) is 3.87. The maximum Gasteiger partial charge on any atom is 0.270 e. The molecule has 20 heavy (non-hydrogen) atoms. The van der Waals surface area contributed by atoms with E-state index < -0.39 is 0 Å². The average molecular weight is 274 g/mol. The summed E-state index contributed by atoms with van der Waals surface area (Å²) in [4.78, 5) is 18.9. The second-order valence-corrected chi connectivity index (χ2v) is 5.68. The molecule has 0 radical (unpaired) electrons. The Morgan fingerprint density at radius 1 is 1.40 bits per heavy atom. The van der Waals surface area contributed by atoms with E-state index in [0.29, 0.717) is 17.7 Å². The van der Waals surface area contributed by atoms with Crippen LogP contribution in [0.25, 0.3) is 0 Å². The van der Waals surface area contributed by atoms with Gasteiger partial charge in [-0.1, -0.05) is 0 Å². The highest BCUT2D eigenvalue weighted by atomic mass is 16.1. The van der Waals surface area contributed by atoms with Crippen molar-refractivity contribution in [1.29, 1.82) is 0 Å². The van der Waals surface area contributed by atoms with E-state index in [0.717, 1.165) is 18.8 Å². The Morgan fingerprint density at radius 3 is 2.75 bits per heavy atom. The van der Waals surface area contributed by atoms with Crippen molar-refractivity contribution in [3.63, 3.8) is 0 Å². The topological polar surface area (TPSA) is 57.3 Å². The number of fused-ring (bicyclic) bond motifs is 3. The summed E-state index contributed by atoms with van der Waals surface area (Å²) < 4.78 is 0. The van der Waals surface area contributed by atoms with Crippen LogP contribution < -0.4 is 10.6 Å². The summed E-state index contributed by atoms with van der Waals surface area (Å²) in [5, 5.41) is 6.33. The fourth-order valence-electron chi connectivity index (χ4n) is 3.21. The average Bonchev–Trinajstić information content (AvgIpc) is 2.49. The van der Waals surface area contributed by atoms with Crippen molar-refractivity contribution in [1.82, 2.24) is 15.2 Å². The quantitative estimate of drug-likeness (QED) is 0.870. The summed E-state index contributed by atoms with van der Waals surface area (Å²) >= 11 is 0. The van der Waals surface area contributed by atoms with Crippen molar-refractivity contribution in [2.45, 2.75) is 25.8 Å². The van der Waals surface area contributed by atoms with E-state index in [4.69, 9.17) is 0 Å². The fraction of sp³-hybridized carbons (Fsp3) is 0.600. The van der Waals surface area contributed by atoms with E-state index in [1.807, 2.05) is 13.0 Å². The molecule has 2 bridgehead atoms. The van der Waals surface area contributed by atoms with Crippen molar-refractivity contribution in [3.8, 4) is 0 Å². The lowest BCUT2D eigenvalue weighted by atomic mass is 9.84. The van der Waals surface area contributed by atoms with Crippen LogP contribution in [0.5, 0.6) is 0 Å². The summed E-state index contributed by atoms with van der Waals surface area (Å²) in [6, 6.07) is 3.98. The predicted molar refractivity (Wildman–Crippen MR) is 78.8 cm³/mol. The molecule has 4 heterocycles. The molecule has 0 spiro atoms.